The van der Waals surface area contributed by atoms with Gasteiger partial charge in [-0.15, -0.1) is 0 Å². The molecule has 0 bridgehead atoms. The third-order valence-corrected chi connectivity index (χ3v) is 3.41. The van der Waals surface area contributed by atoms with Gasteiger partial charge in [0.1, 0.15) is 6.04 Å². The maximum absolute atomic E-state index is 12.2. The summed E-state index contributed by atoms with van der Waals surface area (Å²) in [5.41, 5.74) is 1.00. The van der Waals surface area contributed by atoms with Gasteiger partial charge < -0.3 is 5.32 Å². The van der Waals surface area contributed by atoms with E-state index in [1.54, 1.807) is 10.9 Å². The molecule has 0 aromatic carbocycles. The van der Waals surface area contributed by atoms with Gasteiger partial charge in [0.2, 0.25) is 5.91 Å². The Balaban J connectivity index is 1.77. The van der Waals surface area contributed by atoms with E-state index in [1.807, 2.05) is 30.8 Å². The first-order valence-corrected chi connectivity index (χ1v) is 7.45. The SMILES string of the molecule is CCC(C(=O)NCCCn1ccc(C)n1)n1cc(Cl)cn1. The Morgan fingerprint density at radius 2 is 2.33 bits per heavy atom. The van der Waals surface area contributed by atoms with Crippen LogP contribution >= 0.6 is 11.6 Å². The van der Waals surface area contributed by atoms with E-state index in [-0.39, 0.29) is 11.9 Å². The molecule has 1 N–H and O–H groups in total. The number of halogens is 1. The van der Waals surface area contributed by atoms with Gasteiger partial charge in [-0.1, -0.05) is 18.5 Å². The zero-order valence-electron chi connectivity index (χ0n) is 12.3. The lowest BCUT2D eigenvalue weighted by molar-refractivity contribution is -0.124. The summed E-state index contributed by atoms with van der Waals surface area (Å²) in [7, 11) is 0. The number of amides is 1. The van der Waals surface area contributed by atoms with E-state index in [0.29, 0.717) is 18.0 Å². The Morgan fingerprint density at radius 3 is 2.90 bits per heavy atom. The average Bonchev–Trinajstić information content (AvgIpc) is 3.05. The first kappa shape index (κ1) is 15.6. The van der Waals surface area contributed by atoms with Crippen molar-refractivity contribution in [1.82, 2.24) is 24.9 Å². The molecule has 1 atom stereocenters. The molecule has 2 rings (SSSR count). The third kappa shape index (κ3) is 4.32. The largest absolute Gasteiger partial charge is 0.354 e. The van der Waals surface area contributed by atoms with Gasteiger partial charge in [0.25, 0.3) is 0 Å². The van der Waals surface area contributed by atoms with Gasteiger partial charge in [-0.3, -0.25) is 14.2 Å². The molecule has 21 heavy (non-hydrogen) atoms. The van der Waals surface area contributed by atoms with Gasteiger partial charge in [0, 0.05) is 25.5 Å². The Labute approximate surface area is 129 Å². The molecule has 1 unspecified atom stereocenters. The summed E-state index contributed by atoms with van der Waals surface area (Å²) in [5.74, 6) is -0.0334. The highest BCUT2D eigenvalue weighted by atomic mass is 35.5. The minimum absolute atomic E-state index is 0.0334. The van der Waals surface area contributed by atoms with Crippen LogP contribution in [-0.4, -0.2) is 32.0 Å². The van der Waals surface area contributed by atoms with Crippen LogP contribution in [0.15, 0.2) is 24.7 Å². The normalized spacial score (nSPS) is 12.3. The topological polar surface area (TPSA) is 64.7 Å². The first-order valence-electron chi connectivity index (χ1n) is 7.07. The number of carbonyl (C=O) groups is 1. The first-order chi connectivity index (χ1) is 10.1. The zero-order chi connectivity index (χ0) is 15.2. The van der Waals surface area contributed by atoms with Gasteiger partial charge in [0.05, 0.1) is 16.9 Å². The van der Waals surface area contributed by atoms with Crippen LogP contribution in [-0.2, 0) is 11.3 Å². The molecule has 2 aromatic rings. The van der Waals surface area contributed by atoms with Crippen LogP contribution in [0.2, 0.25) is 5.02 Å². The Morgan fingerprint density at radius 1 is 1.52 bits per heavy atom. The molecule has 0 aliphatic carbocycles. The maximum atomic E-state index is 12.2. The lowest BCUT2D eigenvalue weighted by Gasteiger charge is -2.15. The predicted molar refractivity (Wildman–Crippen MR) is 81.2 cm³/mol. The summed E-state index contributed by atoms with van der Waals surface area (Å²) in [6.07, 6.45) is 6.66. The van der Waals surface area contributed by atoms with Crippen molar-refractivity contribution in [2.75, 3.05) is 6.54 Å². The van der Waals surface area contributed by atoms with Crippen molar-refractivity contribution < 1.29 is 4.79 Å². The fraction of sp³-hybridized carbons (Fsp3) is 0.500. The molecule has 0 saturated carbocycles. The highest BCUT2D eigenvalue weighted by Crippen LogP contribution is 2.14. The molecule has 7 heteroatoms. The van der Waals surface area contributed by atoms with Crippen LogP contribution in [0, 0.1) is 6.92 Å². The van der Waals surface area contributed by atoms with E-state index in [1.165, 1.54) is 6.20 Å². The maximum Gasteiger partial charge on any atom is 0.244 e. The summed E-state index contributed by atoms with van der Waals surface area (Å²) >= 11 is 5.84. The molecule has 0 aliphatic heterocycles. The Hall–Kier alpha value is -1.82. The van der Waals surface area contributed by atoms with Gasteiger partial charge in [-0.05, 0) is 25.8 Å². The number of rotatable bonds is 7. The summed E-state index contributed by atoms with van der Waals surface area (Å²) in [4.78, 5) is 12.2. The highest BCUT2D eigenvalue weighted by Gasteiger charge is 2.18. The third-order valence-electron chi connectivity index (χ3n) is 3.22. The van der Waals surface area contributed by atoms with Crippen LogP contribution in [0.1, 0.15) is 31.5 Å². The number of nitrogens with zero attached hydrogens (tertiary/aromatic N) is 4. The molecule has 114 valence electrons. The summed E-state index contributed by atoms with van der Waals surface area (Å²) in [6.45, 7) is 5.31. The lowest BCUT2D eigenvalue weighted by atomic mass is 10.2. The second-order valence-electron chi connectivity index (χ2n) is 4.93. The quantitative estimate of drug-likeness (QED) is 0.797. The molecule has 0 spiro atoms. The molecular weight excluding hydrogens is 290 g/mol. The van der Waals surface area contributed by atoms with Crippen LogP contribution in [0.3, 0.4) is 0 Å². The highest BCUT2D eigenvalue weighted by molar-refractivity contribution is 6.30. The molecule has 2 heterocycles. The van der Waals surface area contributed by atoms with E-state index in [0.717, 1.165) is 18.7 Å². The van der Waals surface area contributed by atoms with Crippen LogP contribution in [0.5, 0.6) is 0 Å². The number of hydrogen-bond donors (Lipinski definition) is 1. The van der Waals surface area contributed by atoms with Crippen molar-refractivity contribution in [2.45, 2.75) is 39.3 Å². The molecule has 0 fully saturated rings. The van der Waals surface area contributed by atoms with Crippen LogP contribution in [0.4, 0.5) is 0 Å². The van der Waals surface area contributed by atoms with E-state index >= 15 is 0 Å². The van der Waals surface area contributed by atoms with Gasteiger partial charge in [-0.25, -0.2) is 0 Å². The van der Waals surface area contributed by atoms with Crippen molar-refractivity contribution in [3.05, 3.63) is 35.4 Å². The number of nitrogens with one attached hydrogen (secondary N) is 1. The van der Waals surface area contributed by atoms with E-state index in [4.69, 9.17) is 11.6 Å². The number of aromatic nitrogens is 4. The van der Waals surface area contributed by atoms with Gasteiger partial charge >= 0.3 is 0 Å². The average molecular weight is 310 g/mol. The standard InChI is InChI=1S/C14H20ClN5O/c1-3-13(20-10-12(15)9-17-20)14(21)16-6-4-7-19-8-5-11(2)18-19/h5,8-10,13H,3-4,6-7H2,1-2H3,(H,16,21). The van der Waals surface area contributed by atoms with Gasteiger partial charge in [0.15, 0.2) is 0 Å². The number of hydrogen-bond acceptors (Lipinski definition) is 3. The van der Waals surface area contributed by atoms with Gasteiger partial charge in [-0.2, -0.15) is 10.2 Å². The van der Waals surface area contributed by atoms with E-state index < -0.39 is 0 Å². The monoisotopic (exact) mass is 309 g/mol. The van der Waals surface area contributed by atoms with Crippen molar-refractivity contribution in [1.29, 1.82) is 0 Å². The smallest absolute Gasteiger partial charge is 0.244 e. The van der Waals surface area contributed by atoms with Crippen LogP contribution in [0.25, 0.3) is 0 Å². The second-order valence-corrected chi connectivity index (χ2v) is 5.36. The lowest BCUT2D eigenvalue weighted by Crippen LogP contribution is -2.33. The van der Waals surface area contributed by atoms with Crippen molar-refractivity contribution in [3.63, 3.8) is 0 Å². The molecule has 0 aliphatic rings. The molecule has 0 radical (unpaired) electrons. The summed E-state index contributed by atoms with van der Waals surface area (Å²) in [5, 5.41) is 11.9. The van der Waals surface area contributed by atoms with Crippen molar-refractivity contribution >= 4 is 17.5 Å². The summed E-state index contributed by atoms with van der Waals surface area (Å²) in [6, 6.07) is 1.65. The predicted octanol–water partition coefficient (Wildman–Crippen LogP) is 2.20. The Bertz CT molecular complexity index is 592. The Kier molecular flexibility index (Phi) is 5.38. The van der Waals surface area contributed by atoms with E-state index in [2.05, 4.69) is 15.5 Å². The molecule has 1 amide bonds. The van der Waals surface area contributed by atoms with E-state index in [9.17, 15) is 4.79 Å². The number of carbonyl (C=O) groups excluding carboxylic acids is 1. The van der Waals surface area contributed by atoms with Crippen molar-refractivity contribution in [3.8, 4) is 0 Å². The minimum atomic E-state index is -0.315. The fourth-order valence-corrected chi connectivity index (χ4v) is 2.28. The minimum Gasteiger partial charge on any atom is -0.354 e. The zero-order valence-corrected chi connectivity index (χ0v) is 13.0. The molecule has 0 saturated heterocycles. The number of aryl methyl sites for hydroxylation is 2. The molecular formula is C14H20ClN5O. The van der Waals surface area contributed by atoms with Crippen molar-refractivity contribution in [2.24, 2.45) is 0 Å². The second kappa shape index (κ2) is 7.26. The van der Waals surface area contributed by atoms with Crippen LogP contribution < -0.4 is 5.32 Å². The molecule has 2 aromatic heterocycles. The summed E-state index contributed by atoms with van der Waals surface area (Å²) < 4.78 is 3.49. The fourth-order valence-electron chi connectivity index (χ4n) is 2.14. The molecule has 6 nitrogen and oxygen atoms in total.